The van der Waals surface area contributed by atoms with Crippen LogP contribution in [0.25, 0.3) is 5.69 Å². The molecule has 130 valence electrons. The summed E-state index contributed by atoms with van der Waals surface area (Å²) >= 11 is 0. The lowest BCUT2D eigenvalue weighted by molar-refractivity contribution is 0.0313. The summed E-state index contributed by atoms with van der Waals surface area (Å²) in [5.41, 5.74) is 1.89. The monoisotopic (exact) mass is 335 g/mol. The minimum absolute atomic E-state index is 0.176. The Morgan fingerprint density at radius 3 is 2.16 bits per heavy atom. The van der Waals surface area contributed by atoms with E-state index in [1.807, 2.05) is 53.7 Å². The van der Waals surface area contributed by atoms with Gasteiger partial charge in [0.25, 0.3) is 5.91 Å². The molecule has 5 rings (SSSR count). The first-order valence-corrected chi connectivity index (χ1v) is 9.55. The second-order valence-electron chi connectivity index (χ2n) is 7.91. The van der Waals surface area contributed by atoms with Crippen LogP contribution in [0.3, 0.4) is 0 Å². The molecule has 0 spiro atoms. The summed E-state index contributed by atoms with van der Waals surface area (Å²) in [6, 6.07) is 12.5. The predicted octanol–water partition coefficient (Wildman–Crippen LogP) is 3.03. The van der Waals surface area contributed by atoms with Gasteiger partial charge >= 0.3 is 0 Å². The molecular weight excluding hydrogens is 310 g/mol. The Kier molecular flexibility index (Phi) is 3.66. The molecule has 25 heavy (non-hydrogen) atoms. The lowest BCUT2D eigenvalue weighted by Crippen LogP contribution is -2.60. The predicted molar refractivity (Wildman–Crippen MR) is 97.9 cm³/mol. The molecule has 1 saturated carbocycles. The first-order valence-electron chi connectivity index (χ1n) is 9.55. The second-order valence-corrected chi connectivity index (χ2v) is 7.91. The van der Waals surface area contributed by atoms with Crippen molar-refractivity contribution in [1.82, 2.24) is 14.4 Å². The Balaban J connectivity index is 1.19. The molecule has 2 unspecified atom stereocenters. The van der Waals surface area contributed by atoms with E-state index in [0.29, 0.717) is 6.04 Å². The zero-order valence-electron chi connectivity index (χ0n) is 14.6. The molecule has 1 amide bonds. The number of likely N-dealkylation sites (tertiary alicyclic amines) is 2. The third kappa shape index (κ3) is 2.69. The molecule has 1 aromatic carbocycles. The highest BCUT2D eigenvalue weighted by atomic mass is 16.2. The lowest BCUT2D eigenvalue weighted by atomic mass is 10.0. The molecule has 1 aliphatic carbocycles. The fraction of sp³-hybridized carbons (Fsp3) is 0.476. The van der Waals surface area contributed by atoms with Crippen LogP contribution >= 0.6 is 0 Å². The van der Waals surface area contributed by atoms with E-state index in [-0.39, 0.29) is 5.91 Å². The Hall–Kier alpha value is -2.07. The molecule has 4 heteroatoms. The van der Waals surface area contributed by atoms with Gasteiger partial charge in [0.1, 0.15) is 0 Å². The number of carbonyl (C=O) groups is 1. The molecule has 2 aromatic rings. The largest absolute Gasteiger partial charge is 0.335 e. The molecule has 2 saturated heterocycles. The van der Waals surface area contributed by atoms with Crippen molar-refractivity contribution in [1.29, 1.82) is 0 Å². The number of hydrogen-bond donors (Lipinski definition) is 0. The Labute approximate surface area is 149 Å². The summed E-state index contributed by atoms with van der Waals surface area (Å²) in [4.78, 5) is 17.3. The van der Waals surface area contributed by atoms with E-state index in [1.54, 1.807) is 0 Å². The summed E-state index contributed by atoms with van der Waals surface area (Å²) in [7, 11) is 0. The SMILES string of the molecule is O=C(c1ccc(-n2cccc2)cc1)N1CC(N2CC3CCCC3C2)C1. The second kappa shape index (κ2) is 6.03. The molecule has 3 fully saturated rings. The van der Waals surface area contributed by atoms with E-state index in [2.05, 4.69) is 9.47 Å². The molecule has 1 aromatic heterocycles. The molecule has 0 N–H and O–H groups in total. The molecule has 3 aliphatic rings. The molecule has 4 nitrogen and oxygen atoms in total. The maximum absolute atomic E-state index is 12.7. The normalized spacial score (nSPS) is 26.6. The molecule has 2 aliphatic heterocycles. The maximum Gasteiger partial charge on any atom is 0.253 e. The van der Waals surface area contributed by atoms with E-state index < -0.39 is 0 Å². The van der Waals surface area contributed by atoms with Gasteiger partial charge in [-0.3, -0.25) is 9.69 Å². The van der Waals surface area contributed by atoms with Crippen molar-refractivity contribution in [2.45, 2.75) is 25.3 Å². The van der Waals surface area contributed by atoms with Crippen molar-refractivity contribution >= 4 is 5.91 Å². The standard InChI is InChI=1S/C21H25N3O/c25-21(16-6-8-19(9-7-16)22-10-1-2-11-22)24-14-20(15-24)23-12-17-4-3-5-18(17)13-23/h1-2,6-11,17-18,20H,3-5,12-15H2. The number of benzene rings is 1. The van der Waals surface area contributed by atoms with Crippen molar-refractivity contribution in [3.05, 3.63) is 54.4 Å². The van der Waals surface area contributed by atoms with E-state index in [4.69, 9.17) is 0 Å². The molecule has 0 radical (unpaired) electrons. The summed E-state index contributed by atoms with van der Waals surface area (Å²) < 4.78 is 2.05. The number of carbonyl (C=O) groups excluding carboxylic acids is 1. The number of nitrogens with zero attached hydrogens (tertiary/aromatic N) is 3. The fourth-order valence-corrected chi connectivity index (χ4v) is 4.89. The van der Waals surface area contributed by atoms with Crippen LogP contribution in [0.2, 0.25) is 0 Å². The average Bonchev–Trinajstić information content (AvgIpc) is 3.30. The minimum Gasteiger partial charge on any atom is -0.335 e. The Morgan fingerprint density at radius 1 is 0.880 bits per heavy atom. The molecule has 2 atom stereocenters. The smallest absolute Gasteiger partial charge is 0.253 e. The number of aromatic nitrogens is 1. The van der Waals surface area contributed by atoms with Crippen LogP contribution in [-0.2, 0) is 0 Å². The maximum atomic E-state index is 12.7. The van der Waals surface area contributed by atoms with Crippen LogP contribution in [0.5, 0.6) is 0 Å². The topological polar surface area (TPSA) is 28.5 Å². The van der Waals surface area contributed by atoms with E-state index in [1.165, 1.54) is 32.4 Å². The summed E-state index contributed by atoms with van der Waals surface area (Å²) in [6.45, 7) is 4.33. The van der Waals surface area contributed by atoms with E-state index >= 15 is 0 Å². The first kappa shape index (κ1) is 15.2. The zero-order chi connectivity index (χ0) is 16.8. The summed E-state index contributed by atoms with van der Waals surface area (Å²) in [6.07, 6.45) is 8.30. The van der Waals surface area contributed by atoms with Gasteiger partial charge in [-0.05, 0) is 61.1 Å². The third-order valence-electron chi connectivity index (χ3n) is 6.44. The first-order chi connectivity index (χ1) is 12.3. The quantitative estimate of drug-likeness (QED) is 0.862. The fourth-order valence-electron chi connectivity index (χ4n) is 4.89. The highest BCUT2D eigenvalue weighted by Crippen LogP contribution is 2.39. The van der Waals surface area contributed by atoms with Gasteiger partial charge in [0, 0.05) is 55.9 Å². The highest BCUT2D eigenvalue weighted by Gasteiger charge is 2.43. The van der Waals surface area contributed by atoms with E-state index in [9.17, 15) is 4.79 Å². The summed E-state index contributed by atoms with van der Waals surface area (Å²) in [5.74, 6) is 2.05. The molecule has 3 heterocycles. The number of fused-ring (bicyclic) bond motifs is 1. The molecular formula is C21H25N3O. The van der Waals surface area contributed by atoms with Crippen molar-refractivity contribution in [3.63, 3.8) is 0 Å². The van der Waals surface area contributed by atoms with Crippen LogP contribution < -0.4 is 0 Å². The zero-order valence-corrected chi connectivity index (χ0v) is 14.6. The van der Waals surface area contributed by atoms with Gasteiger partial charge in [0.2, 0.25) is 0 Å². The van der Waals surface area contributed by atoms with Crippen LogP contribution in [0.4, 0.5) is 0 Å². The van der Waals surface area contributed by atoms with Crippen molar-refractivity contribution in [3.8, 4) is 5.69 Å². The number of hydrogen-bond acceptors (Lipinski definition) is 2. The van der Waals surface area contributed by atoms with Crippen LogP contribution in [0.1, 0.15) is 29.6 Å². The van der Waals surface area contributed by atoms with Crippen LogP contribution in [-0.4, -0.2) is 52.5 Å². The van der Waals surface area contributed by atoms with Gasteiger partial charge in [0.05, 0.1) is 0 Å². The highest BCUT2D eigenvalue weighted by molar-refractivity contribution is 5.95. The number of amides is 1. The van der Waals surface area contributed by atoms with Crippen LogP contribution in [0, 0.1) is 11.8 Å². The van der Waals surface area contributed by atoms with Gasteiger partial charge < -0.3 is 9.47 Å². The Morgan fingerprint density at radius 2 is 1.52 bits per heavy atom. The molecule has 0 bridgehead atoms. The van der Waals surface area contributed by atoms with Gasteiger partial charge in [-0.2, -0.15) is 0 Å². The van der Waals surface area contributed by atoms with Gasteiger partial charge in [-0.25, -0.2) is 0 Å². The third-order valence-corrected chi connectivity index (χ3v) is 6.44. The van der Waals surface area contributed by atoms with Crippen molar-refractivity contribution in [2.75, 3.05) is 26.2 Å². The minimum atomic E-state index is 0.176. The average molecular weight is 335 g/mol. The van der Waals surface area contributed by atoms with Gasteiger partial charge in [-0.1, -0.05) is 6.42 Å². The van der Waals surface area contributed by atoms with E-state index in [0.717, 1.165) is 36.2 Å². The lowest BCUT2D eigenvalue weighted by Gasteiger charge is -2.44. The Bertz CT molecular complexity index is 734. The summed E-state index contributed by atoms with van der Waals surface area (Å²) in [5, 5.41) is 0. The van der Waals surface area contributed by atoms with Gasteiger partial charge in [0.15, 0.2) is 0 Å². The van der Waals surface area contributed by atoms with Crippen molar-refractivity contribution < 1.29 is 4.79 Å². The van der Waals surface area contributed by atoms with Crippen LogP contribution in [0.15, 0.2) is 48.8 Å². The van der Waals surface area contributed by atoms with Crippen molar-refractivity contribution in [2.24, 2.45) is 11.8 Å². The number of rotatable bonds is 3. The van der Waals surface area contributed by atoms with Gasteiger partial charge in [-0.15, -0.1) is 0 Å².